The van der Waals surface area contributed by atoms with Crippen LogP contribution < -0.4 is 4.74 Å². The van der Waals surface area contributed by atoms with E-state index in [4.69, 9.17) is 4.74 Å². The first-order valence-corrected chi connectivity index (χ1v) is 9.97. The van der Waals surface area contributed by atoms with Crippen molar-refractivity contribution in [3.05, 3.63) is 53.6 Å². The molecule has 4 rings (SSSR count). The molecule has 1 aliphatic heterocycles. The maximum atomic E-state index is 12.0. The molecule has 1 heterocycles. The van der Waals surface area contributed by atoms with Crippen molar-refractivity contribution in [3.8, 4) is 5.75 Å². The molecule has 1 saturated heterocycles. The fourth-order valence-electron chi connectivity index (χ4n) is 5.89. The van der Waals surface area contributed by atoms with Crippen molar-refractivity contribution in [2.45, 2.75) is 63.5 Å². The molecule has 3 aliphatic rings. The molecule has 1 unspecified atom stereocenters. The first-order chi connectivity index (χ1) is 12.6. The van der Waals surface area contributed by atoms with Crippen LogP contribution >= 0.6 is 0 Å². The fourth-order valence-corrected chi connectivity index (χ4v) is 5.89. The molecule has 2 aliphatic carbocycles. The molecule has 1 aromatic carbocycles. The van der Waals surface area contributed by atoms with Crippen LogP contribution in [-0.4, -0.2) is 30.0 Å². The molecule has 1 saturated carbocycles. The lowest BCUT2D eigenvalue weighted by Gasteiger charge is -2.66. The molecule has 2 fully saturated rings. The van der Waals surface area contributed by atoms with Crippen LogP contribution in [0.5, 0.6) is 5.75 Å². The predicted octanol–water partition coefficient (Wildman–Crippen LogP) is 4.41. The molecular formula is C23H29NO2. The van der Waals surface area contributed by atoms with E-state index in [1.165, 1.54) is 42.9 Å². The molecule has 138 valence electrons. The minimum atomic E-state index is -0.313. The summed E-state index contributed by atoms with van der Waals surface area (Å²) in [6.45, 7) is 4.26. The van der Waals surface area contributed by atoms with Gasteiger partial charge in [0, 0.05) is 23.6 Å². The van der Waals surface area contributed by atoms with E-state index < -0.39 is 0 Å². The molecule has 3 nitrogen and oxygen atoms in total. The van der Waals surface area contributed by atoms with Crippen molar-refractivity contribution in [1.82, 2.24) is 4.90 Å². The Hall–Kier alpha value is -1.87. The zero-order chi connectivity index (χ0) is 18.3. The van der Waals surface area contributed by atoms with Gasteiger partial charge in [0.05, 0.1) is 0 Å². The van der Waals surface area contributed by atoms with Gasteiger partial charge in [0.25, 0.3) is 0 Å². The number of carbonyl (C=O) groups is 1. The number of nitrogens with zero attached hydrogens (tertiary/aromatic N) is 1. The highest BCUT2D eigenvalue weighted by molar-refractivity contribution is 5.84. The van der Waals surface area contributed by atoms with Crippen LogP contribution in [0.3, 0.4) is 0 Å². The van der Waals surface area contributed by atoms with Gasteiger partial charge in [0.15, 0.2) is 0 Å². The molecule has 0 spiro atoms. The lowest BCUT2D eigenvalue weighted by Crippen LogP contribution is -2.72. The van der Waals surface area contributed by atoms with Gasteiger partial charge in [-0.2, -0.15) is 0 Å². The second-order valence-corrected chi connectivity index (χ2v) is 8.06. The molecule has 0 radical (unpaired) electrons. The van der Waals surface area contributed by atoms with E-state index in [1.54, 1.807) is 6.08 Å². The fraction of sp³-hybridized carbons (Fsp3) is 0.522. The van der Waals surface area contributed by atoms with Crippen LogP contribution in [0.15, 0.2) is 42.5 Å². The quantitative estimate of drug-likeness (QED) is 0.348. The van der Waals surface area contributed by atoms with Crippen molar-refractivity contribution in [2.75, 3.05) is 7.05 Å². The topological polar surface area (TPSA) is 29.5 Å². The third-order valence-electron chi connectivity index (χ3n) is 7.07. The predicted molar refractivity (Wildman–Crippen MR) is 104 cm³/mol. The first kappa shape index (κ1) is 17.5. The number of carbonyl (C=O) groups excluding carboxylic acids is 1. The Balaban J connectivity index is 1.66. The number of rotatable bonds is 4. The van der Waals surface area contributed by atoms with Gasteiger partial charge in [-0.15, -0.1) is 0 Å². The van der Waals surface area contributed by atoms with Gasteiger partial charge in [-0.3, -0.25) is 4.90 Å². The minimum Gasteiger partial charge on any atom is -0.423 e. The van der Waals surface area contributed by atoms with Gasteiger partial charge >= 0.3 is 5.97 Å². The molecule has 1 aromatic rings. The standard InChI is InChI=1S/C23H29NO2/c1-4-6-7-10-21(25)26-17-12-11-16-14-20-22-19(24(20)3)9-8-13-23(22,5-2)18(16)15-17/h4,6-7,10-12,15,19-20,22H,5,8-9,13-14H2,1-3H3/b6-4+,10-7+/t19?,20-,22+,23-/m0/s1. The van der Waals surface area contributed by atoms with E-state index >= 15 is 0 Å². The lowest BCUT2D eigenvalue weighted by atomic mass is 9.49. The Morgan fingerprint density at radius 1 is 1.35 bits per heavy atom. The number of allylic oxidation sites excluding steroid dienone is 3. The van der Waals surface area contributed by atoms with Gasteiger partial charge in [-0.1, -0.05) is 37.6 Å². The van der Waals surface area contributed by atoms with Gasteiger partial charge in [0.2, 0.25) is 0 Å². The Kier molecular flexibility index (Phi) is 4.52. The molecule has 4 atom stereocenters. The number of esters is 1. The van der Waals surface area contributed by atoms with Crippen molar-refractivity contribution < 1.29 is 9.53 Å². The monoisotopic (exact) mass is 351 g/mol. The Bertz CT molecular complexity index is 765. The normalized spacial score (nSPS) is 33.0. The first-order valence-electron chi connectivity index (χ1n) is 9.97. The van der Waals surface area contributed by atoms with Crippen LogP contribution in [0.25, 0.3) is 0 Å². The molecule has 0 amide bonds. The number of hydrogen-bond acceptors (Lipinski definition) is 3. The molecule has 0 aromatic heterocycles. The zero-order valence-corrected chi connectivity index (χ0v) is 16.1. The number of benzene rings is 1. The van der Waals surface area contributed by atoms with Gasteiger partial charge in [-0.05, 0) is 68.8 Å². The summed E-state index contributed by atoms with van der Waals surface area (Å²) in [6.07, 6.45) is 13.1. The molecule has 0 N–H and O–H groups in total. The van der Waals surface area contributed by atoms with Crippen LogP contribution in [-0.2, 0) is 16.6 Å². The van der Waals surface area contributed by atoms with Crippen LogP contribution in [0.1, 0.15) is 50.7 Å². The van der Waals surface area contributed by atoms with E-state index in [1.807, 2.05) is 25.1 Å². The lowest BCUT2D eigenvalue weighted by molar-refractivity contribution is -0.129. The third kappa shape index (κ3) is 2.56. The highest BCUT2D eigenvalue weighted by atomic mass is 16.5. The maximum Gasteiger partial charge on any atom is 0.336 e. The third-order valence-corrected chi connectivity index (χ3v) is 7.07. The molecule has 26 heavy (non-hydrogen) atoms. The summed E-state index contributed by atoms with van der Waals surface area (Å²) in [5.74, 6) is 1.13. The Morgan fingerprint density at radius 3 is 2.96 bits per heavy atom. The Morgan fingerprint density at radius 2 is 2.19 bits per heavy atom. The highest BCUT2D eigenvalue weighted by Crippen LogP contribution is 2.59. The van der Waals surface area contributed by atoms with E-state index in [0.29, 0.717) is 11.8 Å². The minimum absolute atomic E-state index is 0.261. The number of hydrogen-bond donors (Lipinski definition) is 0. The molecule has 0 bridgehead atoms. The largest absolute Gasteiger partial charge is 0.423 e. The van der Waals surface area contributed by atoms with Crippen molar-refractivity contribution >= 4 is 5.97 Å². The van der Waals surface area contributed by atoms with Crippen molar-refractivity contribution in [2.24, 2.45) is 5.92 Å². The summed E-state index contributed by atoms with van der Waals surface area (Å²) in [5.41, 5.74) is 3.16. The highest BCUT2D eigenvalue weighted by Gasteiger charge is 2.60. The summed E-state index contributed by atoms with van der Waals surface area (Å²) >= 11 is 0. The number of ether oxygens (including phenoxy) is 1. The van der Waals surface area contributed by atoms with E-state index in [-0.39, 0.29) is 11.4 Å². The van der Waals surface area contributed by atoms with Gasteiger partial charge in [0.1, 0.15) is 5.75 Å². The molecular weight excluding hydrogens is 322 g/mol. The summed E-state index contributed by atoms with van der Waals surface area (Å²) < 4.78 is 5.59. The van der Waals surface area contributed by atoms with Crippen LogP contribution in [0.2, 0.25) is 0 Å². The van der Waals surface area contributed by atoms with Crippen LogP contribution in [0, 0.1) is 5.92 Å². The smallest absolute Gasteiger partial charge is 0.336 e. The SMILES string of the molecule is C/C=C/C=C/C(=O)Oc1ccc2c(c1)[C@]1(CC)CCCC3[C@@H]1[C@H](C2)N3C. The van der Waals surface area contributed by atoms with Gasteiger partial charge in [-0.25, -0.2) is 4.79 Å². The maximum absolute atomic E-state index is 12.0. The summed E-state index contributed by atoms with van der Waals surface area (Å²) in [7, 11) is 2.30. The zero-order valence-electron chi connectivity index (χ0n) is 16.1. The second kappa shape index (κ2) is 6.70. The summed E-state index contributed by atoms with van der Waals surface area (Å²) in [4.78, 5) is 14.6. The second-order valence-electron chi connectivity index (χ2n) is 8.06. The van der Waals surface area contributed by atoms with Crippen molar-refractivity contribution in [1.29, 1.82) is 0 Å². The average molecular weight is 351 g/mol. The average Bonchev–Trinajstić information content (AvgIpc) is 2.66. The van der Waals surface area contributed by atoms with Gasteiger partial charge < -0.3 is 4.74 Å². The summed E-state index contributed by atoms with van der Waals surface area (Å²) in [5, 5.41) is 0. The van der Waals surface area contributed by atoms with Crippen molar-refractivity contribution in [3.63, 3.8) is 0 Å². The number of fused-ring (bicyclic) bond motifs is 2. The number of likely N-dealkylation sites (tertiary alicyclic amines) is 1. The molecule has 3 heteroatoms. The number of likely N-dealkylation sites (N-methyl/N-ethyl adjacent to an activating group) is 1. The van der Waals surface area contributed by atoms with E-state index in [0.717, 1.165) is 18.4 Å². The van der Waals surface area contributed by atoms with E-state index in [9.17, 15) is 4.79 Å². The summed E-state index contributed by atoms with van der Waals surface area (Å²) in [6, 6.07) is 7.73. The van der Waals surface area contributed by atoms with E-state index in [2.05, 4.69) is 31.0 Å². The Labute approximate surface area is 156 Å². The van der Waals surface area contributed by atoms with Crippen LogP contribution in [0.4, 0.5) is 0 Å².